The molecule has 3 N–H and O–H groups in total. The largest absolute Gasteiger partial charge is 0.397 e. The highest BCUT2D eigenvalue weighted by Crippen LogP contribution is 2.27. The third-order valence-corrected chi connectivity index (χ3v) is 3.29. The van der Waals surface area contributed by atoms with Crippen LogP contribution in [0.4, 0.5) is 21.5 Å². The van der Waals surface area contributed by atoms with Crippen molar-refractivity contribution < 1.29 is 4.39 Å². The van der Waals surface area contributed by atoms with Gasteiger partial charge in [-0.2, -0.15) is 0 Å². The van der Waals surface area contributed by atoms with Gasteiger partial charge in [0.15, 0.2) is 0 Å². The van der Waals surface area contributed by atoms with Crippen LogP contribution in [-0.4, -0.2) is 0 Å². The van der Waals surface area contributed by atoms with Crippen LogP contribution >= 0.6 is 34.2 Å². The fourth-order valence-corrected chi connectivity index (χ4v) is 1.98. The first-order chi connectivity index (χ1) is 8.06. The van der Waals surface area contributed by atoms with Gasteiger partial charge in [-0.1, -0.05) is 11.6 Å². The van der Waals surface area contributed by atoms with Crippen LogP contribution in [0, 0.1) is 9.39 Å². The highest BCUT2D eigenvalue weighted by atomic mass is 127. The molecule has 88 valence electrons. The lowest BCUT2D eigenvalue weighted by Crippen LogP contribution is -1.98. The van der Waals surface area contributed by atoms with Gasteiger partial charge in [0.1, 0.15) is 5.82 Å². The smallest absolute Gasteiger partial charge is 0.138 e. The second-order valence-electron chi connectivity index (χ2n) is 3.49. The molecule has 0 fully saturated rings. The van der Waals surface area contributed by atoms with E-state index in [-0.39, 0.29) is 5.82 Å². The molecule has 17 heavy (non-hydrogen) atoms. The van der Waals surface area contributed by atoms with Gasteiger partial charge in [0, 0.05) is 16.8 Å². The summed E-state index contributed by atoms with van der Waals surface area (Å²) >= 11 is 7.68. The number of nitrogen functional groups attached to an aromatic ring is 1. The Labute approximate surface area is 117 Å². The van der Waals surface area contributed by atoms with Crippen LogP contribution in [0.15, 0.2) is 36.4 Å². The maximum atomic E-state index is 13.4. The van der Waals surface area contributed by atoms with Crippen molar-refractivity contribution in [3.05, 3.63) is 50.8 Å². The molecular weight excluding hydrogens is 354 g/mol. The average Bonchev–Trinajstić information content (AvgIpc) is 2.29. The molecule has 2 nitrogen and oxygen atoms in total. The summed E-state index contributed by atoms with van der Waals surface area (Å²) in [7, 11) is 0. The molecule has 0 saturated carbocycles. The molecule has 2 aromatic rings. The van der Waals surface area contributed by atoms with E-state index in [1.165, 1.54) is 6.07 Å². The molecule has 0 amide bonds. The number of anilines is 3. The summed E-state index contributed by atoms with van der Waals surface area (Å²) in [6, 6.07) is 10.1. The van der Waals surface area contributed by atoms with Gasteiger partial charge < -0.3 is 11.1 Å². The van der Waals surface area contributed by atoms with Crippen LogP contribution in [0.3, 0.4) is 0 Å². The van der Waals surface area contributed by atoms with E-state index < -0.39 is 0 Å². The number of hydrogen-bond acceptors (Lipinski definition) is 2. The monoisotopic (exact) mass is 362 g/mol. The zero-order valence-corrected chi connectivity index (χ0v) is 11.6. The maximum Gasteiger partial charge on any atom is 0.138 e. The van der Waals surface area contributed by atoms with Crippen molar-refractivity contribution in [1.82, 2.24) is 0 Å². The van der Waals surface area contributed by atoms with Crippen molar-refractivity contribution in [2.75, 3.05) is 11.1 Å². The van der Waals surface area contributed by atoms with Gasteiger partial charge in [0.25, 0.3) is 0 Å². The minimum atomic E-state index is -0.295. The van der Waals surface area contributed by atoms with E-state index in [1.807, 2.05) is 22.6 Å². The molecule has 0 aliphatic rings. The van der Waals surface area contributed by atoms with E-state index in [0.29, 0.717) is 20.0 Å². The third kappa shape index (κ3) is 3.01. The first kappa shape index (κ1) is 12.4. The summed E-state index contributed by atoms with van der Waals surface area (Å²) in [5.74, 6) is -0.295. The minimum absolute atomic E-state index is 0.295. The molecule has 0 unspecified atom stereocenters. The van der Waals surface area contributed by atoms with Crippen molar-refractivity contribution in [1.29, 1.82) is 0 Å². The van der Waals surface area contributed by atoms with Crippen molar-refractivity contribution in [2.24, 2.45) is 0 Å². The summed E-state index contributed by atoms with van der Waals surface area (Å²) in [4.78, 5) is 0. The number of nitrogens with one attached hydrogen (secondary N) is 1. The van der Waals surface area contributed by atoms with E-state index in [0.717, 1.165) is 5.69 Å². The van der Waals surface area contributed by atoms with Gasteiger partial charge >= 0.3 is 0 Å². The standard InChI is InChI=1S/C12H9ClFIN2/c13-7-1-3-8(4-2-7)17-12-5-9(14)10(15)6-11(12)16/h1-6,17H,16H2. The Hall–Kier alpha value is -1.01. The maximum absolute atomic E-state index is 13.4. The second-order valence-corrected chi connectivity index (χ2v) is 5.08. The molecule has 0 aliphatic heterocycles. The molecule has 0 spiro atoms. The van der Waals surface area contributed by atoms with E-state index in [4.69, 9.17) is 17.3 Å². The van der Waals surface area contributed by atoms with Gasteiger partial charge in [-0.15, -0.1) is 0 Å². The predicted octanol–water partition coefficient (Wildman–Crippen LogP) is 4.41. The Kier molecular flexibility index (Phi) is 3.73. The number of benzene rings is 2. The molecule has 0 heterocycles. The summed E-state index contributed by atoms with van der Waals surface area (Å²) in [5, 5.41) is 3.69. The first-order valence-electron chi connectivity index (χ1n) is 4.83. The van der Waals surface area contributed by atoms with E-state index in [2.05, 4.69) is 5.32 Å². The summed E-state index contributed by atoms with van der Waals surface area (Å²) in [6.07, 6.45) is 0. The summed E-state index contributed by atoms with van der Waals surface area (Å²) < 4.78 is 13.9. The Morgan fingerprint density at radius 2 is 1.82 bits per heavy atom. The molecule has 0 aliphatic carbocycles. The predicted molar refractivity (Wildman–Crippen MR) is 78.3 cm³/mol. The van der Waals surface area contributed by atoms with Crippen molar-refractivity contribution in [3.8, 4) is 0 Å². The van der Waals surface area contributed by atoms with Gasteiger partial charge in [0.05, 0.1) is 14.9 Å². The van der Waals surface area contributed by atoms with Crippen molar-refractivity contribution in [2.45, 2.75) is 0 Å². The van der Waals surface area contributed by atoms with Gasteiger partial charge in [-0.25, -0.2) is 4.39 Å². The first-order valence-corrected chi connectivity index (χ1v) is 6.29. The van der Waals surface area contributed by atoms with E-state index in [1.54, 1.807) is 30.3 Å². The highest BCUT2D eigenvalue weighted by molar-refractivity contribution is 14.1. The average molecular weight is 363 g/mol. The quantitative estimate of drug-likeness (QED) is 0.613. The number of halogens is 3. The topological polar surface area (TPSA) is 38.0 Å². The number of nitrogens with two attached hydrogens (primary N) is 1. The van der Waals surface area contributed by atoms with Gasteiger partial charge in [0.2, 0.25) is 0 Å². The molecule has 2 aromatic carbocycles. The zero-order chi connectivity index (χ0) is 12.4. The third-order valence-electron chi connectivity index (χ3n) is 2.22. The van der Waals surface area contributed by atoms with Crippen LogP contribution < -0.4 is 11.1 Å². The van der Waals surface area contributed by atoms with Gasteiger partial charge in [-0.05, 0) is 52.9 Å². The summed E-state index contributed by atoms with van der Waals surface area (Å²) in [6.45, 7) is 0. The van der Waals surface area contributed by atoms with Crippen molar-refractivity contribution >= 4 is 51.3 Å². The van der Waals surface area contributed by atoms with Crippen LogP contribution in [0.1, 0.15) is 0 Å². The Bertz CT molecular complexity index is 543. The van der Waals surface area contributed by atoms with E-state index >= 15 is 0 Å². The number of rotatable bonds is 2. The van der Waals surface area contributed by atoms with Crippen LogP contribution in [0.2, 0.25) is 5.02 Å². The van der Waals surface area contributed by atoms with Crippen LogP contribution in [0.25, 0.3) is 0 Å². The minimum Gasteiger partial charge on any atom is -0.397 e. The lowest BCUT2D eigenvalue weighted by molar-refractivity contribution is 0.621. The normalized spacial score (nSPS) is 10.3. The van der Waals surface area contributed by atoms with Crippen LogP contribution in [-0.2, 0) is 0 Å². The fourth-order valence-electron chi connectivity index (χ4n) is 1.36. The summed E-state index contributed by atoms with van der Waals surface area (Å²) in [5.41, 5.74) is 7.67. The molecule has 0 bridgehead atoms. The molecule has 0 radical (unpaired) electrons. The fraction of sp³-hybridized carbons (Fsp3) is 0. The molecule has 0 atom stereocenters. The van der Waals surface area contributed by atoms with Crippen molar-refractivity contribution in [3.63, 3.8) is 0 Å². The van der Waals surface area contributed by atoms with E-state index in [9.17, 15) is 4.39 Å². The zero-order valence-electron chi connectivity index (χ0n) is 8.68. The lowest BCUT2D eigenvalue weighted by Gasteiger charge is -2.10. The lowest BCUT2D eigenvalue weighted by atomic mass is 10.2. The Balaban J connectivity index is 2.30. The molecule has 2 rings (SSSR count). The molecule has 0 aromatic heterocycles. The highest BCUT2D eigenvalue weighted by Gasteiger charge is 2.06. The van der Waals surface area contributed by atoms with Crippen LogP contribution in [0.5, 0.6) is 0 Å². The number of hydrogen-bond donors (Lipinski definition) is 2. The molecular formula is C12H9ClFIN2. The Morgan fingerprint density at radius 1 is 1.18 bits per heavy atom. The molecule has 5 heteroatoms. The second kappa shape index (κ2) is 5.10. The molecule has 0 saturated heterocycles. The SMILES string of the molecule is Nc1cc(I)c(F)cc1Nc1ccc(Cl)cc1. The van der Waals surface area contributed by atoms with Gasteiger partial charge in [-0.3, -0.25) is 0 Å². The Morgan fingerprint density at radius 3 is 2.47 bits per heavy atom.